The van der Waals surface area contributed by atoms with Gasteiger partial charge in [0.05, 0.1) is 12.6 Å². The Morgan fingerprint density at radius 3 is 3.18 bits per heavy atom. The Morgan fingerprint density at radius 2 is 2.41 bits per heavy atom. The number of fused-ring (bicyclic) bond motifs is 1. The number of carbonyl (C=O) groups excluding carboxylic acids is 1. The molecule has 1 aliphatic carbocycles. The molecule has 0 radical (unpaired) electrons. The van der Waals surface area contributed by atoms with Gasteiger partial charge in [-0.2, -0.15) is 0 Å². The molecule has 1 fully saturated rings. The van der Waals surface area contributed by atoms with Crippen molar-refractivity contribution >= 4 is 17.2 Å². The maximum absolute atomic E-state index is 11.8. The van der Waals surface area contributed by atoms with Crippen molar-refractivity contribution in [3.63, 3.8) is 0 Å². The number of hydrogen-bond donors (Lipinski definition) is 2. The number of thiophene rings is 1. The molecule has 0 spiro atoms. The van der Waals surface area contributed by atoms with Crippen LogP contribution in [0.3, 0.4) is 0 Å². The summed E-state index contributed by atoms with van der Waals surface area (Å²) in [6.45, 7) is 1.68. The van der Waals surface area contributed by atoms with Gasteiger partial charge < -0.3 is 10.6 Å². The molecule has 1 aromatic rings. The van der Waals surface area contributed by atoms with Gasteiger partial charge >= 0.3 is 0 Å². The first kappa shape index (κ1) is 11.2. The molecule has 1 amide bonds. The van der Waals surface area contributed by atoms with Crippen LogP contribution in [0.15, 0.2) is 6.07 Å². The summed E-state index contributed by atoms with van der Waals surface area (Å²) in [5, 5.41) is 6.26. The highest BCUT2D eigenvalue weighted by molar-refractivity contribution is 7.12. The SMILES string of the molecule is O=C(NCc1cc2c(s1)CCC2)C1CCCN1. The lowest BCUT2D eigenvalue weighted by atomic mass is 10.2. The Hall–Kier alpha value is -0.870. The van der Waals surface area contributed by atoms with E-state index in [0.717, 1.165) is 19.4 Å². The number of nitrogens with one attached hydrogen (secondary N) is 2. The first-order chi connectivity index (χ1) is 8.33. The van der Waals surface area contributed by atoms with Crippen LogP contribution in [0.5, 0.6) is 0 Å². The van der Waals surface area contributed by atoms with Gasteiger partial charge in [-0.15, -0.1) is 11.3 Å². The second-order valence-corrected chi connectivity index (χ2v) is 6.10. The molecule has 4 heteroatoms. The van der Waals surface area contributed by atoms with E-state index in [4.69, 9.17) is 0 Å². The van der Waals surface area contributed by atoms with Gasteiger partial charge in [0.2, 0.25) is 5.91 Å². The first-order valence-corrected chi connectivity index (χ1v) is 7.26. The molecule has 0 saturated carbocycles. The van der Waals surface area contributed by atoms with Crippen molar-refractivity contribution in [3.8, 4) is 0 Å². The van der Waals surface area contributed by atoms with E-state index < -0.39 is 0 Å². The predicted molar refractivity (Wildman–Crippen MR) is 69.2 cm³/mol. The Morgan fingerprint density at radius 1 is 1.47 bits per heavy atom. The minimum Gasteiger partial charge on any atom is -0.350 e. The number of amides is 1. The third-order valence-electron chi connectivity index (χ3n) is 3.61. The predicted octanol–water partition coefficient (Wildman–Crippen LogP) is 1.60. The van der Waals surface area contributed by atoms with E-state index in [0.29, 0.717) is 6.54 Å². The van der Waals surface area contributed by atoms with Crippen LogP contribution in [0.25, 0.3) is 0 Å². The summed E-state index contributed by atoms with van der Waals surface area (Å²) in [4.78, 5) is 14.7. The minimum absolute atomic E-state index is 0.0433. The molecule has 1 unspecified atom stereocenters. The monoisotopic (exact) mass is 250 g/mol. The lowest BCUT2D eigenvalue weighted by Crippen LogP contribution is -2.39. The van der Waals surface area contributed by atoms with Crippen LogP contribution in [-0.4, -0.2) is 18.5 Å². The van der Waals surface area contributed by atoms with E-state index >= 15 is 0 Å². The van der Waals surface area contributed by atoms with Crippen LogP contribution in [0.4, 0.5) is 0 Å². The first-order valence-electron chi connectivity index (χ1n) is 6.44. The number of carbonyl (C=O) groups is 1. The minimum atomic E-state index is 0.0433. The molecule has 3 nitrogen and oxygen atoms in total. The lowest BCUT2D eigenvalue weighted by Gasteiger charge is -2.09. The normalized spacial score (nSPS) is 22.7. The van der Waals surface area contributed by atoms with Gasteiger partial charge in [-0.3, -0.25) is 4.79 Å². The topological polar surface area (TPSA) is 41.1 Å². The average molecular weight is 250 g/mol. The van der Waals surface area contributed by atoms with Crippen molar-refractivity contribution < 1.29 is 4.79 Å². The molecule has 1 atom stereocenters. The molecule has 2 N–H and O–H groups in total. The van der Waals surface area contributed by atoms with Crippen molar-refractivity contribution in [2.45, 2.75) is 44.7 Å². The second kappa shape index (κ2) is 4.78. The molecule has 1 saturated heterocycles. The van der Waals surface area contributed by atoms with E-state index in [-0.39, 0.29) is 11.9 Å². The Kier molecular flexibility index (Phi) is 3.16. The van der Waals surface area contributed by atoms with Gasteiger partial charge in [-0.05, 0) is 50.3 Å². The Labute approximate surface area is 106 Å². The number of hydrogen-bond acceptors (Lipinski definition) is 3. The van der Waals surface area contributed by atoms with Crippen LogP contribution >= 0.6 is 11.3 Å². The molecule has 0 aromatic carbocycles. The van der Waals surface area contributed by atoms with E-state index in [9.17, 15) is 4.79 Å². The summed E-state index contributed by atoms with van der Waals surface area (Å²) in [5.41, 5.74) is 1.51. The Bertz CT molecular complexity index is 400. The van der Waals surface area contributed by atoms with Crippen molar-refractivity contribution in [1.29, 1.82) is 0 Å². The number of rotatable bonds is 3. The zero-order valence-electron chi connectivity index (χ0n) is 9.92. The van der Waals surface area contributed by atoms with Crippen LogP contribution in [0.1, 0.15) is 34.6 Å². The van der Waals surface area contributed by atoms with E-state index in [1.807, 2.05) is 11.3 Å². The quantitative estimate of drug-likeness (QED) is 0.855. The second-order valence-electron chi connectivity index (χ2n) is 4.88. The highest BCUT2D eigenvalue weighted by Gasteiger charge is 2.22. The summed E-state index contributed by atoms with van der Waals surface area (Å²) in [5.74, 6) is 0.163. The molecular weight excluding hydrogens is 232 g/mol. The van der Waals surface area contributed by atoms with Crippen molar-refractivity contribution in [1.82, 2.24) is 10.6 Å². The van der Waals surface area contributed by atoms with Crippen molar-refractivity contribution in [2.75, 3.05) is 6.54 Å². The van der Waals surface area contributed by atoms with E-state index in [1.165, 1.54) is 34.6 Å². The molecule has 17 heavy (non-hydrogen) atoms. The maximum atomic E-state index is 11.8. The van der Waals surface area contributed by atoms with Gasteiger partial charge in [0.25, 0.3) is 0 Å². The summed E-state index contributed by atoms with van der Waals surface area (Å²) in [6.07, 6.45) is 5.86. The van der Waals surface area contributed by atoms with Crippen LogP contribution in [-0.2, 0) is 24.2 Å². The van der Waals surface area contributed by atoms with Gasteiger partial charge in [0, 0.05) is 9.75 Å². The molecule has 1 aliphatic heterocycles. The largest absolute Gasteiger partial charge is 0.350 e. The zero-order chi connectivity index (χ0) is 11.7. The average Bonchev–Trinajstić information content (AvgIpc) is 3.01. The van der Waals surface area contributed by atoms with Gasteiger partial charge in [0.1, 0.15) is 0 Å². The standard InChI is InChI=1S/C13H18N2OS/c16-13(11-4-2-6-14-11)15-8-10-7-9-3-1-5-12(9)17-10/h7,11,14H,1-6,8H2,(H,15,16). The Balaban J connectivity index is 1.54. The molecule has 3 rings (SSSR count). The van der Waals surface area contributed by atoms with Crippen molar-refractivity contribution in [2.24, 2.45) is 0 Å². The highest BCUT2D eigenvalue weighted by Crippen LogP contribution is 2.30. The molecule has 1 aromatic heterocycles. The molecule has 0 bridgehead atoms. The van der Waals surface area contributed by atoms with Gasteiger partial charge in [0.15, 0.2) is 0 Å². The molecular formula is C13H18N2OS. The fourth-order valence-corrected chi connectivity index (χ4v) is 3.88. The summed E-state index contributed by atoms with van der Waals surface area (Å²) < 4.78 is 0. The van der Waals surface area contributed by atoms with Crippen molar-refractivity contribution in [3.05, 3.63) is 21.4 Å². The lowest BCUT2D eigenvalue weighted by molar-refractivity contribution is -0.122. The van der Waals surface area contributed by atoms with E-state index in [1.54, 1.807) is 0 Å². The zero-order valence-corrected chi connectivity index (χ0v) is 10.7. The molecule has 92 valence electrons. The number of aryl methyl sites for hydroxylation is 2. The summed E-state index contributed by atoms with van der Waals surface area (Å²) >= 11 is 1.87. The van der Waals surface area contributed by atoms with Crippen LogP contribution in [0.2, 0.25) is 0 Å². The smallest absolute Gasteiger partial charge is 0.237 e. The fraction of sp³-hybridized carbons (Fsp3) is 0.615. The molecule has 2 aliphatic rings. The van der Waals surface area contributed by atoms with Gasteiger partial charge in [-0.1, -0.05) is 0 Å². The highest BCUT2D eigenvalue weighted by atomic mass is 32.1. The van der Waals surface area contributed by atoms with E-state index in [2.05, 4.69) is 16.7 Å². The fourth-order valence-electron chi connectivity index (χ4n) is 2.68. The molecule has 2 heterocycles. The maximum Gasteiger partial charge on any atom is 0.237 e. The van der Waals surface area contributed by atoms with Gasteiger partial charge in [-0.25, -0.2) is 0 Å². The third-order valence-corrected chi connectivity index (χ3v) is 4.85. The summed E-state index contributed by atoms with van der Waals surface area (Å²) in [6, 6.07) is 2.32. The van der Waals surface area contributed by atoms with Crippen LogP contribution < -0.4 is 10.6 Å². The van der Waals surface area contributed by atoms with Crippen LogP contribution in [0, 0.1) is 0 Å². The third kappa shape index (κ3) is 2.38. The summed E-state index contributed by atoms with van der Waals surface area (Å²) in [7, 11) is 0.